The zero-order valence-corrected chi connectivity index (χ0v) is 17.1. The van der Waals surface area contributed by atoms with Crippen LogP contribution in [0.3, 0.4) is 0 Å². The van der Waals surface area contributed by atoms with Crippen molar-refractivity contribution in [2.45, 2.75) is 90.4 Å². The summed E-state index contributed by atoms with van der Waals surface area (Å²) in [7, 11) is 0. The summed E-state index contributed by atoms with van der Waals surface area (Å²) in [5.41, 5.74) is 0. The van der Waals surface area contributed by atoms with Crippen LogP contribution in [0.5, 0.6) is 0 Å². The summed E-state index contributed by atoms with van der Waals surface area (Å²) < 4.78 is 11.4. The van der Waals surface area contributed by atoms with Crippen molar-refractivity contribution in [3.8, 4) is 0 Å². The van der Waals surface area contributed by atoms with Gasteiger partial charge in [-0.05, 0) is 56.3 Å². The molecule has 0 bridgehead atoms. The van der Waals surface area contributed by atoms with Crippen LogP contribution in [0.4, 0.5) is 0 Å². The molecule has 0 radical (unpaired) electrons. The number of carbonyl (C=O) groups is 2. The van der Waals surface area contributed by atoms with E-state index >= 15 is 0 Å². The summed E-state index contributed by atoms with van der Waals surface area (Å²) in [6.07, 6.45) is 15.0. The molecule has 4 nitrogen and oxygen atoms in total. The second-order valence-corrected chi connectivity index (χ2v) is 9.31. The molecular weight excluding hydrogens is 340 g/mol. The molecule has 3 unspecified atom stereocenters. The van der Waals surface area contributed by atoms with E-state index in [-0.39, 0.29) is 29.7 Å². The minimum Gasteiger partial charge on any atom is -0.465 e. The summed E-state index contributed by atoms with van der Waals surface area (Å²) in [5, 5.41) is 0. The molecule has 0 N–H and O–H groups in total. The Morgan fingerprint density at radius 3 is 1.74 bits per heavy atom. The Morgan fingerprint density at radius 1 is 0.667 bits per heavy atom. The summed E-state index contributed by atoms with van der Waals surface area (Å²) in [6, 6.07) is 0. The number of hydrogen-bond acceptors (Lipinski definition) is 4. The van der Waals surface area contributed by atoms with Crippen LogP contribution in [0.15, 0.2) is 0 Å². The minimum absolute atomic E-state index is 0.160. The summed E-state index contributed by atoms with van der Waals surface area (Å²) in [6.45, 7) is 3.16. The molecule has 3 fully saturated rings. The zero-order chi connectivity index (χ0) is 19.1. The van der Waals surface area contributed by atoms with E-state index in [2.05, 4.69) is 6.92 Å². The summed E-state index contributed by atoms with van der Waals surface area (Å²) in [4.78, 5) is 25.6. The Labute approximate surface area is 164 Å². The second-order valence-electron chi connectivity index (χ2n) is 9.31. The van der Waals surface area contributed by atoms with Gasteiger partial charge in [0.25, 0.3) is 0 Å². The maximum atomic E-state index is 12.8. The lowest BCUT2D eigenvalue weighted by molar-refractivity contribution is -0.167. The van der Waals surface area contributed by atoms with Gasteiger partial charge in [-0.3, -0.25) is 9.59 Å². The molecule has 4 heteroatoms. The van der Waals surface area contributed by atoms with E-state index in [9.17, 15) is 9.59 Å². The predicted octanol–water partition coefficient (Wildman–Crippen LogP) is 5.29. The lowest BCUT2D eigenvalue weighted by Gasteiger charge is -2.34. The van der Waals surface area contributed by atoms with Gasteiger partial charge in [-0.2, -0.15) is 0 Å². The molecule has 3 aliphatic carbocycles. The minimum atomic E-state index is -0.318. The van der Waals surface area contributed by atoms with Crippen molar-refractivity contribution < 1.29 is 19.1 Å². The standard InChI is InChI=1S/C23H38O4/c1-17-9-8-14-20(22(24)26-15-18-10-4-2-5-11-18)21(17)23(25)27-16-19-12-6-3-7-13-19/h17-21H,2-16H2,1H3. The van der Waals surface area contributed by atoms with Gasteiger partial charge in [0.05, 0.1) is 25.0 Å². The predicted molar refractivity (Wildman–Crippen MR) is 105 cm³/mol. The van der Waals surface area contributed by atoms with Crippen molar-refractivity contribution >= 4 is 11.9 Å². The van der Waals surface area contributed by atoms with Crippen molar-refractivity contribution in [2.75, 3.05) is 13.2 Å². The molecular formula is C23H38O4. The third-order valence-corrected chi connectivity index (χ3v) is 7.17. The first-order chi connectivity index (χ1) is 13.1. The van der Waals surface area contributed by atoms with Crippen LogP contribution in [-0.4, -0.2) is 25.2 Å². The first-order valence-electron chi connectivity index (χ1n) is 11.5. The van der Waals surface area contributed by atoms with Gasteiger partial charge in [0.1, 0.15) is 0 Å². The Morgan fingerprint density at radius 2 is 1.19 bits per heavy atom. The van der Waals surface area contributed by atoms with E-state index in [0.717, 1.165) is 19.3 Å². The highest BCUT2D eigenvalue weighted by molar-refractivity contribution is 5.82. The largest absolute Gasteiger partial charge is 0.465 e. The molecule has 3 rings (SSSR count). The smallest absolute Gasteiger partial charge is 0.310 e. The van der Waals surface area contributed by atoms with Crippen LogP contribution in [-0.2, 0) is 19.1 Å². The molecule has 3 atom stereocenters. The van der Waals surface area contributed by atoms with E-state index in [0.29, 0.717) is 25.0 Å². The van der Waals surface area contributed by atoms with Gasteiger partial charge in [-0.1, -0.05) is 51.9 Å². The number of rotatable bonds is 6. The Balaban J connectivity index is 1.51. The van der Waals surface area contributed by atoms with Crippen molar-refractivity contribution in [1.29, 1.82) is 0 Å². The van der Waals surface area contributed by atoms with Crippen LogP contribution in [0.2, 0.25) is 0 Å². The third-order valence-electron chi connectivity index (χ3n) is 7.17. The number of hydrogen-bond donors (Lipinski definition) is 0. The van der Waals surface area contributed by atoms with Gasteiger partial charge >= 0.3 is 11.9 Å². The Kier molecular flexibility index (Phi) is 8.02. The van der Waals surface area contributed by atoms with Crippen molar-refractivity contribution in [3.63, 3.8) is 0 Å². The number of carbonyl (C=O) groups excluding carboxylic acids is 2. The Bertz CT molecular complexity index is 477. The fourth-order valence-corrected chi connectivity index (χ4v) is 5.39. The van der Waals surface area contributed by atoms with Crippen LogP contribution in [0, 0.1) is 29.6 Å². The molecule has 0 amide bonds. The molecule has 0 aromatic carbocycles. The first-order valence-corrected chi connectivity index (χ1v) is 11.5. The van der Waals surface area contributed by atoms with E-state index < -0.39 is 0 Å². The molecule has 0 heterocycles. The maximum absolute atomic E-state index is 12.8. The SMILES string of the molecule is CC1CCCC(C(=O)OCC2CCCCC2)C1C(=O)OCC1CCCCC1. The summed E-state index contributed by atoms with van der Waals surface area (Å²) >= 11 is 0. The van der Waals surface area contributed by atoms with E-state index in [1.54, 1.807) is 0 Å². The molecule has 3 aliphatic rings. The molecule has 3 saturated carbocycles. The van der Waals surface area contributed by atoms with Crippen molar-refractivity contribution in [2.24, 2.45) is 29.6 Å². The monoisotopic (exact) mass is 378 g/mol. The first kappa shape index (κ1) is 20.7. The Hall–Kier alpha value is -1.06. The molecule has 0 aromatic rings. The van der Waals surface area contributed by atoms with Crippen LogP contribution in [0.1, 0.15) is 90.4 Å². The molecule has 0 aromatic heterocycles. The van der Waals surface area contributed by atoms with E-state index in [1.165, 1.54) is 64.2 Å². The average Bonchev–Trinajstić information content (AvgIpc) is 2.71. The van der Waals surface area contributed by atoms with Gasteiger partial charge in [-0.25, -0.2) is 0 Å². The van der Waals surface area contributed by atoms with Gasteiger partial charge < -0.3 is 9.47 Å². The van der Waals surface area contributed by atoms with Crippen LogP contribution in [0.25, 0.3) is 0 Å². The van der Waals surface area contributed by atoms with Crippen LogP contribution >= 0.6 is 0 Å². The van der Waals surface area contributed by atoms with Crippen LogP contribution < -0.4 is 0 Å². The van der Waals surface area contributed by atoms with Gasteiger partial charge in [-0.15, -0.1) is 0 Å². The molecule has 27 heavy (non-hydrogen) atoms. The van der Waals surface area contributed by atoms with Crippen molar-refractivity contribution in [3.05, 3.63) is 0 Å². The second kappa shape index (κ2) is 10.5. The fourth-order valence-electron chi connectivity index (χ4n) is 5.39. The molecule has 0 saturated heterocycles. The van der Waals surface area contributed by atoms with Gasteiger partial charge in [0, 0.05) is 0 Å². The number of esters is 2. The highest BCUT2D eigenvalue weighted by atomic mass is 16.5. The highest BCUT2D eigenvalue weighted by Crippen LogP contribution is 2.37. The lowest BCUT2D eigenvalue weighted by atomic mass is 9.72. The molecule has 154 valence electrons. The molecule has 0 aliphatic heterocycles. The summed E-state index contributed by atoms with van der Waals surface area (Å²) in [5.74, 6) is 0.278. The fraction of sp³-hybridized carbons (Fsp3) is 0.913. The normalized spacial score (nSPS) is 30.6. The third kappa shape index (κ3) is 5.96. The highest BCUT2D eigenvalue weighted by Gasteiger charge is 2.42. The topological polar surface area (TPSA) is 52.6 Å². The average molecular weight is 379 g/mol. The van der Waals surface area contributed by atoms with E-state index in [4.69, 9.17) is 9.47 Å². The lowest BCUT2D eigenvalue weighted by Crippen LogP contribution is -2.40. The molecule has 0 spiro atoms. The van der Waals surface area contributed by atoms with Gasteiger partial charge in [0.2, 0.25) is 0 Å². The quantitative estimate of drug-likeness (QED) is 0.590. The maximum Gasteiger partial charge on any atom is 0.310 e. The number of ether oxygens (including phenoxy) is 2. The van der Waals surface area contributed by atoms with Gasteiger partial charge in [0.15, 0.2) is 0 Å². The van der Waals surface area contributed by atoms with Crippen molar-refractivity contribution in [1.82, 2.24) is 0 Å². The van der Waals surface area contributed by atoms with E-state index in [1.807, 2.05) is 0 Å². The zero-order valence-electron chi connectivity index (χ0n) is 17.1.